The molecule has 0 unspecified atom stereocenters. The molecule has 138 valence electrons. The predicted octanol–water partition coefficient (Wildman–Crippen LogP) is 4.58. The summed E-state index contributed by atoms with van der Waals surface area (Å²) in [6.45, 7) is 14.4. The molecule has 0 atom stereocenters. The molecule has 0 bridgehead atoms. The molecule has 0 spiro atoms. The summed E-state index contributed by atoms with van der Waals surface area (Å²) in [7, 11) is 1.89. The Morgan fingerprint density at radius 1 is 1.04 bits per heavy atom. The third kappa shape index (κ3) is 3.54. The maximum absolute atomic E-state index is 4.55. The molecule has 0 saturated carbocycles. The fourth-order valence-electron chi connectivity index (χ4n) is 4.05. The van der Waals surface area contributed by atoms with E-state index in [2.05, 4.69) is 78.9 Å². The number of likely N-dealkylation sites (N-methyl/N-ethyl adjacent to an activating group) is 1. The van der Waals surface area contributed by atoms with Crippen LogP contribution >= 0.6 is 0 Å². The van der Waals surface area contributed by atoms with E-state index in [1.165, 1.54) is 33.5 Å². The van der Waals surface area contributed by atoms with Gasteiger partial charge in [0.05, 0.1) is 5.71 Å². The Hall–Kier alpha value is -2.13. The van der Waals surface area contributed by atoms with Gasteiger partial charge in [-0.25, -0.2) is 0 Å². The Balaban J connectivity index is 1.85. The van der Waals surface area contributed by atoms with Crippen LogP contribution in [-0.4, -0.2) is 50.4 Å². The van der Waals surface area contributed by atoms with Gasteiger partial charge in [0.25, 0.3) is 0 Å². The summed E-state index contributed by atoms with van der Waals surface area (Å²) < 4.78 is 0. The van der Waals surface area contributed by atoms with Crippen LogP contribution < -0.4 is 4.90 Å². The van der Waals surface area contributed by atoms with Crippen molar-refractivity contribution >= 4 is 17.0 Å². The summed E-state index contributed by atoms with van der Waals surface area (Å²) in [5, 5.41) is 0. The molecule has 1 saturated heterocycles. The highest BCUT2D eigenvalue weighted by atomic mass is 15.3. The largest absolute Gasteiger partial charge is 0.369 e. The monoisotopic (exact) mass is 349 g/mol. The van der Waals surface area contributed by atoms with Gasteiger partial charge in [-0.15, -0.1) is 0 Å². The van der Waals surface area contributed by atoms with Gasteiger partial charge in [-0.2, -0.15) is 0 Å². The van der Waals surface area contributed by atoms with E-state index in [9.17, 15) is 0 Å². The lowest BCUT2D eigenvalue weighted by molar-refractivity contribution is 0.271. The first-order valence-corrected chi connectivity index (χ1v) is 9.70. The molecule has 3 rings (SSSR count). The van der Waals surface area contributed by atoms with Crippen LogP contribution in [0.4, 0.5) is 5.69 Å². The van der Waals surface area contributed by atoms with Gasteiger partial charge in [-0.1, -0.05) is 31.2 Å². The zero-order chi connectivity index (χ0) is 18.7. The van der Waals surface area contributed by atoms with Crippen molar-refractivity contribution < 1.29 is 0 Å². The van der Waals surface area contributed by atoms with Crippen LogP contribution in [0.3, 0.4) is 0 Å². The Kier molecular flexibility index (Phi) is 5.77. The summed E-state index contributed by atoms with van der Waals surface area (Å²) in [5.41, 5.74) is 8.80. The second-order valence-electron chi connectivity index (χ2n) is 7.11. The summed E-state index contributed by atoms with van der Waals surface area (Å²) in [6.07, 6.45) is 4.46. The average molecular weight is 350 g/mol. The minimum atomic E-state index is 1.11. The van der Waals surface area contributed by atoms with Gasteiger partial charge in [0.15, 0.2) is 0 Å². The fourth-order valence-corrected chi connectivity index (χ4v) is 4.05. The molecule has 1 aliphatic heterocycles. The molecule has 1 aromatic carbocycles. The molecule has 0 N–H and O–H groups in total. The first-order chi connectivity index (χ1) is 12.6. The van der Waals surface area contributed by atoms with E-state index in [1.807, 2.05) is 7.05 Å². The average Bonchev–Trinajstić information content (AvgIpc) is 2.69. The number of rotatable bonds is 3. The van der Waals surface area contributed by atoms with Crippen molar-refractivity contribution in [2.24, 2.45) is 4.99 Å². The SMILES string of the molecule is C/C=C1/C(C)=CC(c2ccc(N3CCN(CC)CC3)cc2)=C(C)/C1=N/C. The van der Waals surface area contributed by atoms with Crippen LogP contribution in [0.1, 0.15) is 33.3 Å². The van der Waals surface area contributed by atoms with Gasteiger partial charge in [-0.05, 0) is 67.3 Å². The lowest BCUT2D eigenvalue weighted by Crippen LogP contribution is -2.46. The minimum Gasteiger partial charge on any atom is -0.369 e. The highest BCUT2D eigenvalue weighted by Gasteiger charge is 2.20. The molecule has 3 nitrogen and oxygen atoms in total. The van der Waals surface area contributed by atoms with E-state index in [0.29, 0.717) is 0 Å². The zero-order valence-electron chi connectivity index (χ0n) is 16.8. The number of hydrogen-bond acceptors (Lipinski definition) is 3. The number of nitrogens with zero attached hydrogens (tertiary/aromatic N) is 3. The number of piperazine rings is 1. The van der Waals surface area contributed by atoms with Crippen molar-refractivity contribution in [2.45, 2.75) is 27.7 Å². The van der Waals surface area contributed by atoms with Crippen molar-refractivity contribution in [3.8, 4) is 0 Å². The smallest absolute Gasteiger partial charge is 0.0677 e. The number of benzene rings is 1. The van der Waals surface area contributed by atoms with E-state index in [-0.39, 0.29) is 0 Å². The Morgan fingerprint density at radius 2 is 1.69 bits per heavy atom. The van der Waals surface area contributed by atoms with Gasteiger partial charge in [0.2, 0.25) is 0 Å². The van der Waals surface area contributed by atoms with E-state index >= 15 is 0 Å². The van der Waals surface area contributed by atoms with Crippen molar-refractivity contribution in [1.82, 2.24) is 4.90 Å². The number of hydrogen-bond donors (Lipinski definition) is 0. The summed E-state index contributed by atoms with van der Waals surface area (Å²) in [5.74, 6) is 0. The van der Waals surface area contributed by atoms with Crippen molar-refractivity contribution in [2.75, 3.05) is 44.7 Å². The lowest BCUT2D eigenvalue weighted by Gasteiger charge is -2.35. The number of aliphatic imine (C=N–C) groups is 1. The van der Waals surface area contributed by atoms with E-state index < -0.39 is 0 Å². The summed E-state index contributed by atoms with van der Waals surface area (Å²) >= 11 is 0. The van der Waals surface area contributed by atoms with Crippen LogP contribution in [0.15, 0.2) is 58.1 Å². The molecule has 3 heteroatoms. The van der Waals surface area contributed by atoms with Crippen molar-refractivity contribution in [1.29, 1.82) is 0 Å². The fraction of sp³-hybridized carbons (Fsp3) is 0.435. The van der Waals surface area contributed by atoms with Gasteiger partial charge < -0.3 is 9.80 Å². The maximum atomic E-state index is 4.55. The molecular weight excluding hydrogens is 318 g/mol. The number of anilines is 1. The van der Waals surface area contributed by atoms with Crippen LogP contribution in [0, 0.1) is 0 Å². The molecule has 0 radical (unpaired) electrons. The van der Waals surface area contributed by atoms with Crippen molar-refractivity contribution in [3.05, 3.63) is 58.7 Å². The summed E-state index contributed by atoms with van der Waals surface area (Å²) in [6, 6.07) is 9.07. The highest BCUT2D eigenvalue weighted by molar-refractivity contribution is 6.21. The summed E-state index contributed by atoms with van der Waals surface area (Å²) in [4.78, 5) is 9.56. The second kappa shape index (κ2) is 8.05. The molecule has 0 aromatic heterocycles. The molecule has 2 aliphatic rings. The molecule has 1 aliphatic carbocycles. The third-order valence-corrected chi connectivity index (χ3v) is 5.68. The molecule has 1 fully saturated rings. The van der Waals surface area contributed by atoms with Crippen LogP contribution in [0.25, 0.3) is 5.57 Å². The Labute approximate surface area is 158 Å². The standard InChI is InChI=1S/C23H31N3/c1-6-21-17(3)16-22(18(4)23(21)24-5)19-8-10-20(11-9-19)26-14-12-25(7-2)13-15-26/h6,8-11,16H,7,12-15H2,1-5H3/b21-6-,24-23-. The lowest BCUT2D eigenvalue weighted by atomic mass is 9.84. The molecule has 1 heterocycles. The first-order valence-electron chi connectivity index (χ1n) is 9.70. The van der Waals surface area contributed by atoms with Crippen LogP contribution in [-0.2, 0) is 0 Å². The van der Waals surface area contributed by atoms with Gasteiger partial charge in [0.1, 0.15) is 0 Å². The quantitative estimate of drug-likeness (QED) is 0.795. The first kappa shape index (κ1) is 18.7. The number of allylic oxidation sites excluding steroid dienone is 6. The minimum absolute atomic E-state index is 1.11. The molecule has 26 heavy (non-hydrogen) atoms. The van der Waals surface area contributed by atoms with Gasteiger partial charge >= 0.3 is 0 Å². The topological polar surface area (TPSA) is 18.8 Å². The predicted molar refractivity (Wildman–Crippen MR) is 114 cm³/mol. The Morgan fingerprint density at radius 3 is 2.23 bits per heavy atom. The maximum Gasteiger partial charge on any atom is 0.0677 e. The zero-order valence-corrected chi connectivity index (χ0v) is 16.8. The molecule has 1 aromatic rings. The van der Waals surface area contributed by atoms with Crippen LogP contribution in [0.2, 0.25) is 0 Å². The molecule has 0 amide bonds. The highest BCUT2D eigenvalue weighted by Crippen LogP contribution is 2.33. The Bertz CT molecular complexity index is 770. The van der Waals surface area contributed by atoms with Crippen LogP contribution in [0.5, 0.6) is 0 Å². The van der Waals surface area contributed by atoms with E-state index in [1.54, 1.807) is 0 Å². The van der Waals surface area contributed by atoms with Gasteiger partial charge in [-0.3, -0.25) is 4.99 Å². The van der Waals surface area contributed by atoms with E-state index in [0.717, 1.165) is 38.4 Å². The second-order valence-corrected chi connectivity index (χ2v) is 7.11. The van der Waals surface area contributed by atoms with E-state index in [4.69, 9.17) is 0 Å². The molecular formula is C23H31N3. The van der Waals surface area contributed by atoms with Gasteiger partial charge in [0, 0.05) is 38.9 Å². The third-order valence-electron chi connectivity index (χ3n) is 5.68. The van der Waals surface area contributed by atoms with Crippen molar-refractivity contribution in [3.63, 3.8) is 0 Å². The normalized spacial score (nSPS) is 22.3.